The third kappa shape index (κ3) is 3.04. The van der Waals surface area contributed by atoms with Gasteiger partial charge in [0.2, 0.25) is 0 Å². The van der Waals surface area contributed by atoms with Crippen LogP contribution in [0.5, 0.6) is 0 Å². The minimum atomic E-state index is 0.398. The van der Waals surface area contributed by atoms with E-state index in [2.05, 4.69) is 27.3 Å². The molecule has 1 aliphatic rings. The minimum absolute atomic E-state index is 0.398. The van der Waals surface area contributed by atoms with Crippen LogP contribution in [0.3, 0.4) is 0 Å². The van der Waals surface area contributed by atoms with Crippen molar-refractivity contribution in [2.45, 2.75) is 33.2 Å². The Bertz CT molecular complexity index is 402. The lowest BCUT2D eigenvalue weighted by Gasteiger charge is -2.32. The van der Waals surface area contributed by atoms with E-state index in [1.165, 1.54) is 5.01 Å². The number of hydrogen-bond donors (Lipinski definition) is 1. The number of oxime groups is 1. The monoisotopic (exact) mass is 253 g/mol. The van der Waals surface area contributed by atoms with Gasteiger partial charge in [0, 0.05) is 36.5 Å². The predicted molar refractivity (Wildman–Crippen MR) is 69.7 cm³/mol. The standard InChI is InChI=1S/C12H19N3OS/c1-3-10-6-15(5-4-11(10)14-16)7-12-13-9(2)8-17-12/h8,10,16H,3-7H2,1-2H3. The normalized spacial score (nSPS) is 24.4. The summed E-state index contributed by atoms with van der Waals surface area (Å²) in [5, 5.41) is 15.6. The molecule has 0 bridgehead atoms. The Kier molecular flexibility index (Phi) is 4.12. The van der Waals surface area contributed by atoms with Crippen LogP contribution in [-0.4, -0.2) is 33.9 Å². The number of rotatable bonds is 3. The summed E-state index contributed by atoms with van der Waals surface area (Å²) in [4.78, 5) is 6.90. The number of likely N-dealkylation sites (tertiary alicyclic amines) is 1. The van der Waals surface area contributed by atoms with Gasteiger partial charge in [-0.05, 0) is 13.3 Å². The Morgan fingerprint density at radius 1 is 1.65 bits per heavy atom. The quantitative estimate of drug-likeness (QED) is 0.665. The van der Waals surface area contributed by atoms with E-state index in [0.29, 0.717) is 5.92 Å². The Morgan fingerprint density at radius 3 is 3.06 bits per heavy atom. The number of aromatic nitrogens is 1. The van der Waals surface area contributed by atoms with E-state index < -0.39 is 0 Å². The van der Waals surface area contributed by atoms with E-state index in [-0.39, 0.29) is 0 Å². The van der Waals surface area contributed by atoms with E-state index in [0.717, 1.165) is 43.9 Å². The summed E-state index contributed by atoms with van der Waals surface area (Å²) in [7, 11) is 0. The zero-order chi connectivity index (χ0) is 12.3. The highest BCUT2D eigenvalue weighted by molar-refractivity contribution is 7.09. The van der Waals surface area contributed by atoms with Gasteiger partial charge < -0.3 is 5.21 Å². The SMILES string of the molecule is CCC1CN(Cc2nc(C)cs2)CCC1=NO. The first-order valence-electron chi connectivity index (χ1n) is 6.07. The third-order valence-corrected chi connectivity index (χ3v) is 4.23. The van der Waals surface area contributed by atoms with Crippen LogP contribution in [-0.2, 0) is 6.54 Å². The Morgan fingerprint density at radius 2 is 2.47 bits per heavy atom. The highest BCUT2D eigenvalue weighted by Gasteiger charge is 2.25. The van der Waals surface area contributed by atoms with Crippen molar-refractivity contribution in [2.75, 3.05) is 13.1 Å². The summed E-state index contributed by atoms with van der Waals surface area (Å²) in [6, 6.07) is 0. The van der Waals surface area contributed by atoms with Crippen molar-refractivity contribution in [3.8, 4) is 0 Å². The summed E-state index contributed by atoms with van der Waals surface area (Å²) in [5.74, 6) is 0.398. The molecule has 1 unspecified atom stereocenters. The third-order valence-electron chi connectivity index (χ3n) is 3.28. The van der Waals surface area contributed by atoms with Crippen LogP contribution in [0.25, 0.3) is 0 Å². The van der Waals surface area contributed by atoms with Crippen molar-refractivity contribution in [3.05, 3.63) is 16.1 Å². The first kappa shape index (κ1) is 12.5. The maximum atomic E-state index is 8.93. The lowest BCUT2D eigenvalue weighted by Crippen LogP contribution is -2.40. The molecule has 1 aliphatic heterocycles. The maximum absolute atomic E-state index is 8.93. The van der Waals surface area contributed by atoms with Crippen LogP contribution in [0.15, 0.2) is 10.5 Å². The molecular formula is C12H19N3OS. The van der Waals surface area contributed by atoms with Crippen molar-refractivity contribution in [3.63, 3.8) is 0 Å². The van der Waals surface area contributed by atoms with Gasteiger partial charge in [0.15, 0.2) is 0 Å². The van der Waals surface area contributed by atoms with Gasteiger partial charge in [-0.15, -0.1) is 11.3 Å². The van der Waals surface area contributed by atoms with Crippen LogP contribution in [0, 0.1) is 12.8 Å². The minimum Gasteiger partial charge on any atom is -0.411 e. The van der Waals surface area contributed by atoms with Crippen LogP contribution >= 0.6 is 11.3 Å². The molecule has 17 heavy (non-hydrogen) atoms. The second kappa shape index (κ2) is 5.60. The molecule has 1 atom stereocenters. The molecule has 2 rings (SSSR count). The summed E-state index contributed by atoms with van der Waals surface area (Å²) in [6.07, 6.45) is 1.91. The van der Waals surface area contributed by atoms with Crippen LogP contribution in [0.2, 0.25) is 0 Å². The molecular weight excluding hydrogens is 234 g/mol. The van der Waals surface area contributed by atoms with Crippen LogP contribution in [0.1, 0.15) is 30.5 Å². The molecule has 1 aromatic rings. The van der Waals surface area contributed by atoms with Gasteiger partial charge in [0.1, 0.15) is 5.01 Å². The van der Waals surface area contributed by atoms with E-state index in [1.807, 2.05) is 6.92 Å². The molecule has 0 saturated carbocycles. The number of nitrogens with zero attached hydrogens (tertiary/aromatic N) is 3. The molecule has 5 heteroatoms. The van der Waals surface area contributed by atoms with Crippen molar-refractivity contribution in [1.29, 1.82) is 0 Å². The van der Waals surface area contributed by atoms with Crippen LogP contribution in [0.4, 0.5) is 0 Å². The zero-order valence-corrected chi connectivity index (χ0v) is 11.2. The summed E-state index contributed by atoms with van der Waals surface area (Å²) in [6.45, 7) is 7.05. The van der Waals surface area contributed by atoms with Gasteiger partial charge >= 0.3 is 0 Å². The number of aryl methyl sites for hydroxylation is 1. The van der Waals surface area contributed by atoms with Crippen molar-refractivity contribution in [1.82, 2.24) is 9.88 Å². The van der Waals surface area contributed by atoms with Gasteiger partial charge in [-0.25, -0.2) is 4.98 Å². The molecule has 94 valence electrons. The lowest BCUT2D eigenvalue weighted by atomic mass is 9.93. The van der Waals surface area contributed by atoms with Gasteiger partial charge in [-0.2, -0.15) is 0 Å². The molecule has 0 aliphatic carbocycles. The second-order valence-electron chi connectivity index (χ2n) is 4.56. The molecule has 0 amide bonds. The Balaban J connectivity index is 1.96. The fraction of sp³-hybridized carbons (Fsp3) is 0.667. The number of hydrogen-bond acceptors (Lipinski definition) is 5. The molecule has 1 fully saturated rings. The zero-order valence-electron chi connectivity index (χ0n) is 10.4. The van der Waals surface area contributed by atoms with E-state index in [9.17, 15) is 0 Å². The fourth-order valence-electron chi connectivity index (χ4n) is 2.29. The number of thiazole rings is 1. The van der Waals surface area contributed by atoms with Crippen molar-refractivity contribution in [2.24, 2.45) is 11.1 Å². The average molecular weight is 253 g/mol. The lowest BCUT2D eigenvalue weighted by molar-refractivity contribution is 0.220. The summed E-state index contributed by atoms with van der Waals surface area (Å²) in [5.41, 5.74) is 2.06. The highest BCUT2D eigenvalue weighted by Crippen LogP contribution is 2.20. The van der Waals surface area contributed by atoms with E-state index >= 15 is 0 Å². The van der Waals surface area contributed by atoms with Gasteiger partial charge in [-0.1, -0.05) is 12.1 Å². The van der Waals surface area contributed by atoms with E-state index in [1.54, 1.807) is 11.3 Å². The predicted octanol–water partition coefficient (Wildman–Crippen LogP) is 2.51. The Hall–Kier alpha value is -0.940. The van der Waals surface area contributed by atoms with Crippen molar-refractivity contribution >= 4 is 17.0 Å². The first-order valence-corrected chi connectivity index (χ1v) is 6.95. The maximum Gasteiger partial charge on any atom is 0.107 e. The second-order valence-corrected chi connectivity index (χ2v) is 5.51. The number of piperidine rings is 1. The first-order chi connectivity index (χ1) is 8.22. The smallest absolute Gasteiger partial charge is 0.107 e. The summed E-state index contributed by atoms with van der Waals surface area (Å²) >= 11 is 1.73. The Labute approximate surface area is 106 Å². The molecule has 1 saturated heterocycles. The molecule has 4 nitrogen and oxygen atoms in total. The van der Waals surface area contributed by atoms with Crippen molar-refractivity contribution < 1.29 is 5.21 Å². The summed E-state index contributed by atoms with van der Waals surface area (Å²) < 4.78 is 0. The largest absolute Gasteiger partial charge is 0.411 e. The molecule has 1 aromatic heterocycles. The topological polar surface area (TPSA) is 48.7 Å². The molecule has 0 radical (unpaired) electrons. The average Bonchev–Trinajstić information content (AvgIpc) is 2.74. The molecule has 0 aromatic carbocycles. The van der Waals surface area contributed by atoms with Crippen LogP contribution < -0.4 is 0 Å². The highest BCUT2D eigenvalue weighted by atomic mass is 32.1. The van der Waals surface area contributed by atoms with Gasteiger partial charge in [0.25, 0.3) is 0 Å². The molecule has 2 heterocycles. The van der Waals surface area contributed by atoms with E-state index in [4.69, 9.17) is 5.21 Å². The van der Waals surface area contributed by atoms with Gasteiger partial charge in [0.05, 0.1) is 12.3 Å². The van der Waals surface area contributed by atoms with Gasteiger partial charge in [-0.3, -0.25) is 4.90 Å². The molecule has 1 N–H and O–H groups in total. The molecule has 0 spiro atoms. The fourth-order valence-corrected chi connectivity index (χ4v) is 3.10.